The first-order valence-corrected chi connectivity index (χ1v) is 4.99. The molecular weight excluding hydrogens is 164 g/mol. The van der Waals surface area contributed by atoms with Gasteiger partial charge in [-0.1, -0.05) is 24.9 Å². The fraction of sp³-hybridized carbons (Fsp3) is 0.900. The molecule has 0 aromatic carbocycles. The van der Waals surface area contributed by atoms with Gasteiger partial charge in [0.05, 0.1) is 6.04 Å². The number of aliphatic imine (C=N–C) groups is 1. The molecule has 0 bridgehead atoms. The molecule has 13 heavy (non-hydrogen) atoms. The normalized spacial score (nSPS) is 15.9. The van der Waals surface area contributed by atoms with Crippen molar-refractivity contribution in [2.75, 3.05) is 7.05 Å². The summed E-state index contributed by atoms with van der Waals surface area (Å²) < 4.78 is 0. The van der Waals surface area contributed by atoms with Crippen LogP contribution in [0.2, 0.25) is 0 Å². The summed E-state index contributed by atoms with van der Waals surface area (Å²) in [6.45, 7) is 4.02. The third-order valence-corrected chi connectivity index (χ3v) is 2.11. The predicted molar refractivity (Wildman–Crippen MR) is 57.3 cm³/mol. The Kier molecular flexibility index (Phi) is 7.45. The van der Waals surface area contributed by atoms with Crippen LogP contribution >= 0.6 is 0 Å². The minimum atomic E-state index is -0.0835. The molecule has 2 atom stereocenters. The average molecular weight is 184 g/mol. The largest absolute Gasteiger partial charge is 0.301 e. The summed E-state index contributed by atoms with van der Waals surface area (Å²) in [4.78, 5) is 14.2. The zero-order chi connectivity index (χ0) is 10.1. The van der Waals surface area contributed by atoms with Crippen molar-refractivity contribution in [2.24, 2.45) is 16.1 Å². The molecule has 0 rings (SSSR count). The molecule has 0 heterocycles. The van der Waals surface area contributed by atoms with Crippen LogP contribution in [-0.4, -0.2) is 19.3 Å². The Bertz CT molecular complexity index is 157. The Morgan fingerprint density at radius 1 is 1.46 bits per heavy atom. The maximum atomic E-state index is 10.2. The Hall–Kier alpha value is -0.730. The first-order valence-electron chi connectivity index (χ1n) is 4.99. The van der Waals surface area contributed by atoms with Gasteiger partial charge in [-0.2, -0.15) is 4.91 Å². The molecule has 0 N–H and O–H groups in total. The van der Waals surface area contributed by atoms with Gasteiger partial charge in [0.1, 0.15) is 0 Å². The van der Waals surface area contributed by atoms with Crippen molar-refractivity contribution in [1.29, 1.82) is 0 Å². The van der Waals surface area contributed by atoms with Gasteiger partial charge >= 0.3 is 0 Å². The standard InChI is InChI=1S/C10H20N2O/c1-4-5-6-10(8-11-3)7-9(2)12-13/h8-10H,4-7H2,1-3H3. The molecule has 0 aliphatic heterocycles. The molecule has 2 unspecified atom stereocenters. The number of hydrogen-bond acceptors (Lipinski definition) is 3. The van der Waals surface area contributed by atoms with E-state index in [0.717, 1.165) is 12.8 Å². The van der Waals surface area contributed by atoms with Crippen molar-refractivity contribution in [3.05, 3.63) is 4.91 Å². The monoisotopic (exact) mass is 184 g/mol. The Labute approximate surface area is 80.6 Å². The van der Waals surface area contributed by atoms with Crippen LogP contribution in [0.4, 0.5) is 0 Å². The van der Waals surface area contributed by atoms with Crippen LogP contribution in [0.15, 0.2) is 10.2 Å². The molecule has 0 saturated heterocycles. The fourth-order valence-corrected chi connectivity index (χ4v) is 1.41. The highest BCUT2D eigenvalue weighted by Gasteiger charge is 2.10. The molecular formula is C10H20N2O. The van der Waals surface area contributed by atoms with Gasteiger partial charge in [-0.15, -0.1) is 0 Å². The topological polar surface area (TPSA) is 41.8 Å². The second-order valence-corrected chi connectivity index (χ2v) is 3.50. The SMILES string of the molecule is CCCCC(C=NC)CC(C)N=O. The highest BCUT2D eigenvalue weighted by Crippen LogP contribution is 2.14. The van der Waals surface area contributed by atoms with Crippen molar-refractivity contribution in [2.45, 2.75) is 45.6 Å². The van der Waals surface area contributed by atoms with Crippen LogP contribution in [-0.2, 0) is 0 Å². The van der Waals surface area contributed by atoms with Crippen LogP contribution in [0, 0.1) is 10.8 Å². The van der Waals surface area contributed by atoms with E-state index in [1.165, 1.54) is 12.8 Å². The smallest absolute Gasteiger partial charge is 0.0897 e. The second kappa shape index (κ2) is 7.90. The molecule has 3 heteroatoms. The number of hydrogen-bond donors (Lipinski definition) is 0. The molecule has 0 amide bonds. The molecule has 0 radical (unpaired) electrons. The van der Waals surface area contributed by atoms with Gasteiger partial charge < -0.3 is 4.99 Å². The second-order valence-electron chi connectivity index (χ2n) is 3.50. The summed E-state index contributed by atoms with van der Waals surface area (Å²) in [5.74, 6) is 0.428. The Morgan fingerprint density at radius 3 is 2.62 bits per heavy atom. The lowest BCUT2D eigenvalue weighted by Gasteiger charge is -2.11. The first kappa shape index (κ1) is 12.3. The summed E-state index contributed by atoms with van der Waals surface area (Å²) in [6, 6.07) is -0.0835. The zero-order valence-corrected chi connectivity index (χ0v) is 8.86. The maximum absolute atomic E-state index is 10.2. The Balaban J connectivity index is 3.85. The number of unbranched alkanes of at least 4 members (excludes halogenated alkanes) is 1. The van der Waals surface area contributed by atoms with Gasteiger partial charge in [-0.3, -0.25) is 0 Å². The number of nitroso groups, excluding NO2 is 1. The van der Waals surface area contributed by atoms with Gasteiger partial charge in [0.15, 0.2) is 0 Å². The van der Waals surface area contributed by atoms with Gasteiger partial charge in [0.2, 0.25) is 0 Å². The third kappa shape index (κ3) is 6.43. The Morgan fingerprint density at radius 2 is 2.15 bits per heavy atom. The van der Waals surface area contributed by atoms with Crippen molar-refractivity contribution >= 4 is 6.21 Å². The van der Waals surface area contributed by atoms with Crippen LogP contribution < -0.4 is 0 Å². The minimum absolute atomic E-state index is 0.0835. The van der Waals surface area contributed by atoms with Gasteiger partial charge in [0, 0.05) is 13.3 Å². The molecule has 0 aliphatic rings. The summed E-state index contributed by atoms with van der Waals surface area (Å²) in [6.07, 6.45) is 6.28. The van der Waals surface area contributed by atoms with E-state index in [4.69, 9.17) is 0 Å². The predicted octanol–water partition coefficient (Wildman–Crippen LogP) is 3.04. The summed E-state index contributed by atoms with van der Waals surface area (Å²) in [5, 5.41) is 3.01. The average Bonchev–Trinajstić information content (AvgIpc) is 2.14. The summed E-state index contributed by atoms with van der Waals surface area (Å²) in [5.41, 5.74) is 0. The molecule has 76 valence electrons. The molecule has 0 aromatic heterocycles. The van der Waals surface area contributed by atoms with E-state index in [-0.39, 0.29) is 6.04 Å². The molecule has 0 spiro atoms. The van der Waals surface area contributed by atoms with E-state index < -0.39 is 0 Å². The van der Waals surface area contributed by atoms with E-state index in [2.05, 4.69) is 17.1 Å². The van der Waals surface area contributed by atoms with Crippen molar-refractivity contribution in [1.82, 2.24) is 0 Å². The highest BCUT2D eigenvalue weighted by molar-refractivity contribution is 5.60. The lowest BCUT2D eigenvalue weighted by Crippen LogP contribution is -2.10. The third-order valence-electron chi connectivity index (χ3n) is 2.11. The lowest BCUT2D eigenvalue weighted by atomic mass is 9.96. The van der Waals surface area contributed by atoms with Crippen LogP contribution in [0.5, 0.6) is 0 Å². The fourth-order valence-electron chi connectivity index (χ4n) is 1.41. The van der Waals surface area contributed by atoms with Gasteiger partial charge in [-0.05, 0) is 25.7 Å². The number of nitrogens with zero attached hydrogens (tertiary/aromatic N) is 2. The van der Waals surface area contributed by atoms with Gasteiger partial charge in [-0.25, -0.2) is 0 Å². The van der Waals surface area contributed by atoms with Gasteiger partial charge in [0.25, 0.3) is 0 Å². The maximum Gasteiger partial charge on any atom is 0.0897 e. The number of rotatable bonds is 7. The zero-order valence-electron chi connectivity index (χ0n) is 8.86. The van der Waals surface area contributed by atoms with E-state index >= 15 is 0 Å². The van der Waals surface area contributed by atoms with Crippen molar-refractivity contribution < 1.29 is 0 Å². The van der Waals surface area contributed by atoms with Crippen LogP contribution in [0.3, 0.4) is 0 Å². The van der Waals surface area contributed by atoms with E-state index in [1.807, 2.05) is 13.1 Å². The molecule has 0 aromatic rings. The first-order chi connectivity index (χ1) is 6.24. The molecule has 0 fully saturated rings. The van der Waals surface area contributed by atoms with E-state index in [1.54, 1.807) is 7.05 Å². The van der Waals surface area contributed by atoms with Crippen LogP contribution in [0.25, 0.3) is 0 Å². The minimum Gasteiger partial charge on any atom is -0.301 e. The summed E-state index contributed by atoms with van der Waals surface area (Å²) in [7, 11) is 1.78. The molecule has 0 aliphatic carbocycles. The molecule has 0 saturated carbocycles. The van der Waals surface area contributed by atoms with Crippen molar-refractivity contribution in [3.63, 3.8) is 0 Å². The van der Waals surface area contributed by atoms with Crippen molar-refractivity contribution in [3.8, 4) is 0 Å². The van der Waals surface area contributed by atoms with E-state index in [9.17, 15) is 4.91 Å². The quantitative estimate of drug-likeness (QED) is 0.443. The highest BCUT2D eigenvalue weighted by atomic mass is 16.3. The summed E-state index contributed by atoms with van der Waals surface area (Å²) >= 11 is 0. The lowest BCUT2D eigenvalue weighted by molar-refractivity contribution is 0.506. The van der Waals surface area contributed by atoms with Crippen LogP contribution in [0.1, 0.15) is 39.5 Å². The molecule has 3 nitrogen and oxygen atoms in total. The van der Waals surface area contributed by atoms with E-state index in [0.29, 0.717) is 5.92 Å².